The Kier molecular flexibility index (Phi) is 6.38. The molecule has 7 heteroatoms. The van der Waals surface area contributed by atoms with Crippen molar-refractivity contribution in [2.45, 2.75) is 45.1 Å². The summed E-state index contributed by atoms with van der Waals surface area (Å²) in [6.45, 7) is 2.14. The van der Waals surface area contributed by atoms with Crippen molar-refractivity contribution in [1.82, 2.24) is 15.4 Å². The van der Waals surface area contributed by atoms with Crippen molar-refractivity contribution in [3.8, 4) is 0 Å². The first-order chi connectivity index (χ1) is 13.2. The van der Waals surface area contributed by atoms with Gasteiger partial charge >= 0.3 is 6.01 Å². The van der Waals surface area contributed by atoms with Crippen LogP contribution in [0.25, 0.3) is 11.1 Å². The van der Waals surface area contributed by atoms with Gasteiger partial charge in [-0.1, -0.05) is 50.8 Å². The Morgan fingerprint density at radius 2 is 2.00 bits per heavy atom. The standard InChI is InChI=1S/C20H24N4O3/c1-2-3-4-5-11-16(19(25)23-26)24(18-13-8-9-14-21-18)20-22-15-10-6-7-12-17(15)27-20/h6-10,12-14,16,26H,2-5,11H2,1H3,(H,23,25). The summed E-state index contributed by atoms with van der Waals surface area (Å²) in [7, 11) is 0. The number of benzene rings is 1. The molecule has 0 bridgehead atoms. The van der Waals surface area contributed by atoms with Crippen LogP contribution in [0.1, 0.15) is 39.0 Å². The maximum atomic E-state index is 12.5. The van der Waals surface area contributed by atoms with Crippen molar-refractivity contribution < 1.29 is 14.4 Å². The number of nitrogens with zero attached hydrogens (tertiary/aromatic N) is 3. The van der Waals surface area contributed by atoms with Crippen LogP contribution < -0.4 is 10.4 Å². The zero-order chi connectivity index (χ0) is 19.1. The van der Waals surface area contributed by atoms with Crippen molar-refractivity contribution in [1.29, 1.82) is 0 Å². The number of hydrogen-bond donors (Lipinski definition) is 2. The number of aromatic nitrogens is 2. The number of amides is 1. The van der Waals surface area contributed by atoms with E-state index in [0.717, 1.165) is 25.7 Å². The molecular formula is C20H24N4O3. The van der Waals surface area contributed by atoms with Gasteiger partial charge in [0.25, 0.3) is 5.91 Å². The number of hydroxylamine groups is 1. The highest BCUT2D eigenvalue weighted by atomic mass is 16.5. The second-order valence-corrected chi connectivity index (χ2v) is 6.36. The zero-order valence-electron chi connectivity index (χ0n) is 15.3. The van der Waals surface area contributed by atoms with E-state index in [9.17, 15) is 10.0 Å². The first-order valence-electron chi connectivity index (χ1n) is 9.24. The molecule has 0 saturated carbocycles. The third-order valence-electron chi connectivity index (χ3n) is 4.44. The molecule has 27 heavy (non-hydrogen) atoms. The molecule has 3 rings (SSSR count). The normalized spacial score (nSPS) is 12.1. The molecule has 0 aliphatic heterocycles. The van der Waals surface area contributed by atoms with Crippen LogP contribution in [0.15, 0.2) is 53.1 Å². The quantitative estimate of drug-likeness (QED) is 0.334. The number of rotatable bonds is 9. The predicted octanol–water partition coefficient (Wildman–Crippen LogP) is 4.21. The van der Waals surface area contributed by atoms with Crippen LogP contribution in [0.5, 0.6) is 0 Å². The Labute approximate surface area is 158 Å². The lowest BCUT2D eigenvalue weighted by Gasteiger charge is -2.28. The SMILES string of the molecule is CCCCCCC(C(=O)NO)N(c1ccccn1)c1nc2ccccc2o1. The predicted molar refractivity (Wildman–Crippen MR) is 103 cm³/mol. The first kappa shape index (κ1) is 18.8. The molecule has 3 aromatic rings. The molecule has 2 heterocycles. The van der Waals surface area contributed by atoms with Crippen molar-refractivity contribution in [2.24, 2.45) is 0 Å². The lowest BCUT2D eigenvalue weighted by molar-refractivity contribution is -0.130. The molecule has 0 saturated heterocycles. The van der Waals surface area contributed by atoms with Crippen LogP contribution in [0.2, 0.25) is 0 Å². The van der Waals surface area contributed by atoms with Crippen LogP contribution in [0.3, 0.4) is 0 Å². The summed E-state index contributed by atoms with van der Waals surface area (Å²) in [6.07, 6.45) is 6.24. The number of para-hydroxylation sites is 2. The first-order valence-corrected chi connectivity index (χ1v) is 9.24. The fourth-order valence-corrected chi connectivity index (χ4v) is 3.07. The number of nitrogens with one attached hydrogen (secondary N) is 1. The van der Waals surface area contributed by atoms with Gasteiger partial charge in [0.15, 0.2) is 5.58 Å². The Morgan fingerprint density at radius 1 is 1.19 bits per heavy atom. The van der Waals surface area contributed by atoms with E-state index in [1.165, 1.54) is 0 Å². The highest BCUT2D eigenvalue weighted by Crippen LogP contribution is 2.30. The van der Waals surface area contributed by atoms with E-state index < -0.39 is 11.9 Å². The molecule has 0 fully saturated rings. The number of anilines is 2. The topological polar surface area (TPSA) is 91.5 Å². The largest absolute Gasteiger partial charge is 0.423 e. The molecular weight excluding hydrogens is 344 g/mol. The van der Waals surface area contributed by atoms with Gasteiger partial charge in [-0.2, -0.15) is 4.98 Å². The van der Waals surface area contributed by atoms with E-state index in [-0.39, 0.29) is 6.01 Å². The third-order valence-corrected chi connectivity index (χ3v) is 4.44. The Hall–Kier alpha value is -2.93. The second kappa shape index (κ2) is 9.14. The number of unbranched alkanes of at least 4 members (excludes halogenated alkanes) is 3. The minimum absolute atomic E-state index is 0.277. The third kappa shape index (κ3) is 4.43. The van der Waals surface area contributed by atoms with Gasteiger partial charge in [0.2, 0.25) is 0 Å². The average molecular weight is 368 g/mol. The van der Waals surface area contributed by atoms with Crippen molar-refractivity contribution in [3.05, 3.63) is 48.7 Å². The second-order valence-electron chi connectivity index (χ2n) is 6.36. The van der Waals surface area contributed by atoms with Gasteiger partial charge in [-0.25, -0.2) is 10.5 Å². The summed E-state index contributed by atoms with van der Waals surface area (Å²) in [5.74, 6) is 0.0209. The molecule has 1 amide bonds. The Bertz CT molecular complexity index is 833. The number of fused-ring (bicyclic) bond motifs is 1. The summed E-state index contributed by atoms with van der Waals surface area (Å²) >= 11 is 0. The van der Waals surface area contributed by atoms with Gasteiger partial charge in [0, 0.05) is 6.20 Å². The smallest absolute Gasteiger partial charge is 0.304 e. The van der Waals surface area contributed by atoms with Crippen molar-refractivity contribution >= 4 is 28.8 Å². The monoisotopic (exact) mass is 368 g/mol. The minimum atomic E-state index is -0.685. The summed E-state index contributed by atoms with van der Waals surface area (Å²) in [5, 5.41) is 9.29. The molecule has 1 atom stereocenters. The van der Waals surface area contributed by atoms with E-state index >= 15 is 0 Å². The van der Waals surface area contributed by atoms with Crippen LogP contribution in [-0.4, -0.2) is 27.1 Å². The average Bonchev–Trinajstić information content (AvgIpc) is 3.14. The van der Waals surface area contributed by atoms with Crippen LogP contribution in [0.4, 0.5) is 11.8 Å². The summed E-state index contributed by atoms with van der Waals surface area (Å²) < 4.78 is 5.90. The van der Waals surface area contributed by atoms with Gasteiger partial charge in [-0.15, -0.1) is 0 Å². The van der Waals surface area contributed by atoms with E-state index in [4.69, 9.17) is 4.42 Å². The van der Waals surface area contributed by atoms with Gasteiger partial charge in [0.05, 0.1) is 0 Å². The van der Waals surface area contributed by atoms with Gasteiger partial charge < -0.3 is 4.42 Å². The summed E-state index contributed by atoms with van der Waals surface area (Å²) in [6, 6.07) is 12.4. The summed E-state index contributed by atoms with van der Waals surface area (Å²) in [5.41, 5.74) is 3.11. The van der Waals surface area contributed by atoms with E-state index in [1.807, 2.05) is 30.3 Å². The maximum Gasteiger partial charge on any atom is 0.304 e. The fourth-order valence-electron chi connectivity index (χ4n) is 3.07. The molecule has 2 N–H and O–H groups in total. The van der Waals surface area contributed by atoms with Crippen LogP contribution in [0, 0.1) is 0 Å². The molecule has 1 unspecified atom stereocenters. The van der Waals surface area contributed by atoms with Gasteiger partial charge in [0.1, 0.15) is 17.4 Å². The molecule has 2 aromatic heterocycles. The Balaban J connectivity index is 1.99. The van der Waals surface area contributed by atoms with E-state index in [1.54, 1.807) is 28.7 Å². The summed E-state index contributed by atoms with van der Waals surface area (Å²) in [4.78, 5) is 23.0. The fraction of sp³-hybridized carbons (Fsp3) is 0.350. The molecule has 0 spiro atoms. The highest BCUT2D eigenvalue weighted by molar-refractivity contribution is 5.86. The number of carbonyl (C=O) groups excluding carboxylic acids is 1. The number of hydrogen-bond acceptors (Lipinski definition) is 6. The lowest BCUT2D eigenvalue weighted by Crippen LogP contribution is -2.44. The van der Waals surface area contributed by atoms with Gasteiger partial charge in [-0.05, 0) is 30.7 Å². The zero-order valence-corrected chi connectivity index (χ0v) is 15.3. The lowest BCUT2D eigenvalue weighted by atomic mass is 10.1. The molecule has 0 aliphatic rings. The molecule has 0 radical (unpaired) electrons. The van der Waals surface area contributed by atoms with E-state index in [0.29, 0.717) is 23.3 Å². The Morgan fingerprint density at radius 3 is 2.70 bits per heavy atom. The molecule has 142 valence electrons. The number of carbonyl (C=O) groups is 1. The highest BCUT2D eigenvalue weighted by Gasteiger charge is 2.31. The molecule has 0 aliphatic carbocycles. The molecule has 1 aromatic carbocycles. The van der Waals surface area contributed by atoms with Crippen molar-refractivity contribution in [3.63, 3.8) is 0 Å². The van der Waals surface area contributed by atoms with Gasteiger partial charge in [-0.3, -0.25) is 14.9 Å². The van der Waals surface area contributed by atoms with Crippen molar-refractivity contribution in [2.75, 3.05) is 4.90 Å². The number of oxazole rings is 1. The van der Waals surface area contributed by atoms with Crippen LogP contribution in [-0.2, 0) is 4.79 Å². The molecule has 7 nitrogen and oxygen atoms in total. The minimum Gasteiger partial charge on any atom is -0.423 e. The maximum absolute atomic E-state index is 12.5. The van der Waals surface area contributed by atoms with Crippen LogP contribution >= 0.6 is 0 Å². The van der Waals surface area contributed by atoms with E-state index in [2.05, 4.69) is 16.9 Å². The number of pyridine rings is 1.